The number of anilines is 2. The summed E-state index contributed by atoms with van der Waals surface area (Å²) in [6.45, 7) is 1.08. The Balaban J connectivity index is 1.55. The molecule has 8 nitrogen and oxygen atoms in total. The van der Waals surface area contributed by atoms with Crippen LogP contribution < -0.4 is 10.6 Å². The third kappa shape index (κ3) is 4.58. The predicted molar refractivity (Wildman–Crippen MR) is 113 cm³/mol. The van der Waals surface area contributed by atoms with Crippen molar-refractivity contribution in [3.63, 3.8) is 0 Å². The minimum Gasteiger partial charge on any atom is -0.383 e. The fourth-order valence-electron chi connectivity index (χ4n) is 2.83. The van der Waals surface area contributed by atoms with E-state index in [0.717, 1.165) is 21.5 Å². The van der Waals surface area contributed by atoms with Gasteiger partial charge in [-0.25, -0.2) is 9.97 Å². The molecule has 0 saturated carbocycles. The molecule has 0 atom stereocenters. The second-order valence-corrected chi connectivity index (χ2v) is 7.23. The van der Waals surface area contributed by atoms with Crippen LogP contribution in [0.1, 0.15) is 0 Å². The maximum absolute atomic E-state index is 11.9. The van der Waals surface area contributed by atoms with Crippen molar-refractivity contribution in [2.75, 3.05) is 25.6 Å². The molecule has 1 amide bonds. The van der Waals surface area contributed by atoms with Gasteiger partial charge in [0.2, 0.25) is 5.91 Å². The number of aromatic nitrogens is 4. The van der Waals surface area contributed by atoms with Crippen molar-refractivity contribution in [2.45, 2.75) is 6.54 Å². The largest absolute Gasteiger partial charge is 0.383 e. The van der Waals surface area contributed by atoms with Crippen LogP contribution in [0.4, 0.5) is 11.5 Å². The predicted octanol–water partition coefficient (Wildman–Crippen LogP) is 3.06. The number of carbonyl (C=O) groups is 1. The average molecular weight is 408 g/mol. The highest BCUT2D eigenvalue weighted by molar-refractivity contribution is 7.13. The van der Waals surface area contributed by atoms with E-state index in [-0.39, 0.29) is 12.5 Å². The van der Waals surface area contributed by atoms with Crippen molar-refractivity contribution in [3.05, 3.63) is 54.2 Å². The van der Waals surface area contributed by atoms with E-state index in [1.54, 1.807) is 35.5 Å². The highest BCUT2D eigenvalue weighted by Gasteiger charge is 2.11. The van der Waals surface area contributed by atoms with Crippen LogP contribution >= 0.6 is 11.3 Å². The molecule has 4 aromatic rings. The zero-order valence-corrected chi connectivity index (χ0v) is 16.6. The molecule has 148 valence electrons. The summed E-state index contributed by atoms with van der Waals surface area (Å²) >= 11 is 1.60. The van der Waals surface area contributed by atoms with Crippen molar-refractivity contribution < 1.29 is 9.53 Å². The molecule has 0 aliphatic carbocycles. The molecule has 4 rings (SSSR count). The van der Waals surface area contributed by atoms with Crippen molar-refractivity contribution in [1.29, 1.82) is 0 Å². The lowest BCUT2D eigenvalue weighted by molar-refractivity contribution is -0.122. The van der Waals surface area contributed by atoms with Gasteiger partial charge < -0.3 is 15.4 Å². The minimum atomic E-state index is -0.121. The van der Waals surface area contributed by atoms with E-state index in [4.69, 9.17) is 9.72 Å². The Kier molecular flexibility index (Phi) is 5.78. The molecular weight excluding hydrogens is 388 g/mol. The van der Waals surface area contributed by atoms with Gasteiger partial charge in [0.15, 0.2) is 5.82 Å². The van der Waals surface area contributed by atoms with Gasteiger partial charge in [-0.2, -0.15) is 5.10 Å². The van der Waals surface area contributed by atoms with Crippen molar-refractivity contribution >= 4 is 39.7 Å². The third-order valence-electron chi connectivity index (χ3n) is 4.17. The van der Waals surface area contributed by atoms with Crippen molar-refractivity contribution in [1.82, 2.24) is 25.1 Å². The molecule has 0 saturated heterocycles. The zero-order valence-electron chi connectivity index (χ0n) is 15.8. The van der Waals surface area contributed by atoms with E-state index in [9.17, 15) is 4.79 Å². The molecule has 2 N–H and O–H groups in total. The fourth-order valence-corrected chi connectivity index (χ4v) is 3.49. The monoisotopic (exact) mass is 408 g/mol. The number of hydrogen-bond donors (Lipinski definition) is 2. The lowest BCUT2D eigenvalue weighted by Crippen LogP contribution is -2.30. The molecule has 0 aliphatic rings. The van der Waals surface area contributed by atoms with E-state index >= 15 is 0 Å². The number of hydrogen-bond acceptors (Lipinski definition) is 7. The first-order valence-electron chi connectivity index (χ1n) is 9.09. The number of benzene rings is 1. The van der Waals surface area contributed by atoms with E-state index in [1.165, 1.54) is 0 Å². The highest BCUT2D eigenvalue weighted by atomic mass is 32.1. The minimum absolute atomic E-state index is 0.121. The van der Waals surface area contributed by atoms with Gasteiger partial charge in [0.25, 0.3) is 0 Å². The number of ether oxygens (including phenoxy) is 1. The quantitative estimate of drug-likeness (QED) is 0.435. The maximum atomic E-state index is 11.9. The van der Waals surface area contributed by atoms with Gasteiger partial charge in [-0.3, -0.25) is 9.48 Å². The molecular formula is C20H20N6O2S. The van der Waals surface area contributed by atoms with E-state index < -0.39 is 0 Å². The van der Waals surface area contributed by atoms with Crippen LogP contribution in [0.5, 0.6) is 0 Å². The van der Waals surface area contributed by atoms with Gasteiger partial charge in [0.1, 0.15) is 12.4 Å². The van der Waals surface area contributed by atoms with E-state index in [2.05, 4.69) is 20.7 Å². The summed E-state index contributed by atoms with van der Waals surface area (Å²) in [5.41, 5.74) is 1.61. The second kappa shape index (κ2) is 8.80. The molecule has 0 bridgehead atoms. The van der Waals surface area contributed by atoms with Crippen LogP contribution in [-0.4, -0.2) is 45.9 Å². The van der Waals surface area contributed by atoms with E-state index in [0.29, 0.717) is 24.8 Å². The summed E-state index contributed by atoms with van der Waals surface area (Å²) in [4.78, 5) is 22.3. The smallest absolute Gasteiger partial charge is 0.241 e. The first-order chi connectivity index (χ1) is 14.2. The number of methoxy groups -OCH3 is 1. The fraction of sp³-hybridized carbons (Fsp3) is 0.200. The van der Waals surface area contributed by atoms with E-state index in [1.807, 2.05) is 41.8 Å². The second-order valence-electron chi connectivity index (χ2n) is 6.28. The highest BCUT2D eigenvalue weighted by Crippen LogP contribution is 2.29. The van der Waals surface area contributed by atoms with Gasteiger partial charge in [0, 0.05) is 25.2 Å². The summed E-state index contributed by atoms with van der Waals surface area (Å²) in [6, 6.07) is 11.8. The van der Waals surface area contributed by atoms with Crippen molar-refractivity contribution in [2.24, 2.45) is 0 Å². The standard InChI is InChI=1S/C20H20N6O2S/c1-28-9-8-21-18(27)13-26-12-14(11-22-26)23-19-15-5-2-3-6-16(15)24-20(25-19)17-7-4-10-29-17/h2-7,10-12H,8-9,13H2,1H3,(H,21,27)(H,23,24,25). The van der Waals surface area contributed by atoms with Gasteiger partial charge in [-0.15, -0.1) is 11.3 Å². The number of thiophene rings is 1. The van der Waals surface area contributed by atoms with Gasteiger partial charge in [0.05, 0.1) is 28.9 Å². The molecule has 9 heteroatoms. The molecule has 0 aliphatic heterocycles. The number of nitrogens with one attached hydrogen (secondary N) is 2. The molecule has 1 aromatic carbocycles. The summed E-state index contributed by atoms with van der Waals surface area (Å²) in [5, 5.41) is 13.3. The van der Waals surface area contributed by atoms with Crippen molar-refractivity contribution in [3.8, 4) is 10.7 Å². The summed E-state index contributed by atoms with van der Waals surface area (Å²) < 4.78 is 6.50. The SMILES string of the molecule is COCCNC(=O)Cn1cc(Nc2nc(-c3cccs3)nc3ccccc23)cn1. The van der Waals surface area contributed by atoms with Crippen LogP contribution in [-0.2, 0) is 16.1 Å². The molecule has 0 fully saturated rings. The number of nitrogens with zero attached hydrogens (tertiary/aromatic N) is 4. The molecule has 3 heterocycles. The Morgan fingerprint density at radius 1 is 1.21 bits per heavy atom. The number of carbonyl (C=O) groups excluding carboxylic acids is 1. The molecule has 0 radical (unpaired) electrons. The molecule has 3 aromatic heterocycles. The lowest BCUT2D eigenvalue weighted by atomic mass is 10.2. The summed E-state index contributed by atoms with van der Waals surface area (Å²) in [5.74, 6) is 1.25. The van der Waals surface area contributed by atoms with Crippen LogP contribution in [0.3, 0.4) is 0 Å². The van der Waals surface area contributed by atoms with Gasteiger partial charge >= 0.3 is 0 Å². The van der Waals surface area contributed by atoms with Gasteiger partial charge in [-0.1, -0.05) is 18.2 Å². The Labute approximate surface area is 171 Å². The first kappa shape index (κ1) is 19.0. The Bertz CT molecular complexity index is 1110. The Morgan fingerprint density at radius 2 is 2.10 bits per heavy atom. The number of amides is 1. The molecule has 0 spiro atoms. The zero-order chi connectivity index (χ0) is 20.1. The molecule has 29 heavy (non-hydrogen) atoms. The summed E-state index contributed by atoms with van der Waals surface area (Å²) in [6.07, 6.45) is 3.45. The van der Waals surface area contributed by atoms with Crippen LogP contribution in [0.2, 0.25) is 0 Å². The van der Waals surface area contributed by atoms with Crippen LogP contribution in [0.15, 0.2) is 54.2 Å². The number of para-hydroxylation sites is 1. The Hall–Kier alpha value is -3.30. The third-order valence-corrected chi connectivity index (χ3v) is 5.04. The first-order valence-corrected chi connectivity index (χ1v) is 9.96. The topological polar surface area (TPSA) is 94.0 Å². The molecule has 0 unspecified atom stereocenters. The summed E-state index contributed by atoms with van der Waals surface area (Å²) in [7, 11) is 1.60. The maximum Gasteiger partial charge on any atom is 0.241 e. The lowest BCUT2D eigenvalue weighted by Gasteiger charge is -2.09. The normalized spacial score (nSPS) is 10.9. The van der Waals surface area contributed by atoms with Crippen LogP contribution in [0.25, 0.3) is 21.6 Å². The Morgan fingerprint density at radius 3 is 2.93 bits per heavy atom. The van der Waals surface area contributed by atoms with Gasteiger partial charge in [-0.05, 0) is 23.6 Å². The van der Waals surface area contributed by atoms with Crippen LogP contribution in [0, 0.1) is 0 Å². The average Bonchev–Trinajstić information content (AvgIpc) is 3.40. The number of rotatable bonds is 8. The number of fused-ring (bicyclic) bond motifs is 1.